The van der Waals surface area contributed by atoms with E-state index >= 15 is 0 Å². The van der Waals surface area contributed by atoms with Crippen LogP contribution in [0.5, 0.6) is 0 Å². The smallest absolute Gasteiger partial charge is 0.0175 e. The molecule has 1 nitrogen and oxygen atoms in total. The highest BCUT2D eigenvalue weighted by atomic mass is 14.9. The summed E-state index contributed by atoms with van der Waals surface area (Å²) in [5, 5.41) is 3.52. The van der Waals surface area contributed by atoms with Gasteiger partial charge in [-0.05, 0) is 39.2 Å². The Balaban J connectivity index is 4.27. The molecule has 2 atom stereocenters. The maximum atomic E-state index is 3.52. The molecular weight excluding hydrogens is 170 g/mol. The van der Waals surface area contributed by atoms with E-state index in [2.05, 4.69) is 40.1 Å². The topological polar surface area (TPSA) is 12.0 Å². The average molecular weight is 199 g/mol. The summed E-state index contributed by atoms with van der Waals surface area (Å²) in [6.45, 7) is 9.25. The van der Waals surface area contributed by atoms with Gasteiger partial charge in [0.15, 0.2) is 0 Å². The molecule has 0 saturated heterocycles. The van der Waals surface area contributed by atoms with Crippen LogP contribution >= 0.6 is 0 Å². The Kier molecular flexibility index (Phi) is 7.26. The largest absolute Gasteiger partial charge is 0.314 e. The predicted molar refractivity (Wildman–Crippen MR) is 65.7 cm³/mol. The second-order valence-corrected chi connectivity index (χ2v) is 4.65. The highest BCUT2D eigenvalue weighted by Crippen LogP contribution is 2.29. The predicted octanol–water partition coefficient (Wildman–Crippen LogP) is 3.98. The minimum Gasteiger partial charge on any atom is -0.314 e. The summed E-state index contributed by atoms with van der Waals surface area (Å²) in [4.78, 5) is 0. The quantitative estimate of drug-likeness (QED) is 0.623. The summed E-state index contributed by atoms with van der Waals surface area (Å²) >= 11 is 0. The van der Waals surface area contributed by atoms with Gasteiger partial charge in [-0.15, -0.1) is 0 Å². The van der Waals surface area contributed by atoms with Crippen LogP contribution in [-0.2, 0) is 0 Å². The number of unbranched alkanes of at least 4 members (excludes halogenated alkanes) is 1. The highest BCUT2D eigenvalue weighted by Gasteiger charge is 2.29. The zero-order chi connectivity index (χ0) is 11.0. The number of rotatable bonds is 8. The van der Waals surface area contributed by atoms with Crippen molar-refractivity contribution < 1.29 is 0 Å². The second-order valence-electron chi connectivity index (χ2n) is 4.65. The van der Waals surface area contributed by atoms with E-state index < -0.39 is 0 Å². The summed E-state index contributed by atoms with van der Waals surface area (Å²) in [5.41, 5.74) is 0.352. The van der Waals surface area contributed by atoms with Gasteiger partial charge >= 0.3 is 0 Å². The van der Waals surface area contributed by atoms with E-state index in [0.29, 0.717) is 5.54 Å². The van der Waals surface area contributed by atoms with Crippen LogP contribution < -0.4 is 5.32 Å². The normalized spacial score (nSPS) is 17.8. The monoisotopic (exact) mass is 199 g/mol. The third kappa shape index (κ3) is 4.00. The van der Waals surface area contributed by atoms with Crippen LogP contribution in [0.2, 0.25) is 0 Å². The van der Waals surface area contributed by atoms with Gasteiger partial charge in [-0.1, -0.05) is 40.0 Å². The van der Waals surface area contributed by atoms with E-state index in [1.165, 1.54) is 38.5 Å². The van der Waals surface area contributed by atoms with Crippen molar-refractivity contribution in [3.05, 3.63) is 0 Å². The fraction of sp³-hybridized carbons (Fsp3) is 1.00. The van der Waals surface area contributed by atoms with Gasteiger partial charge in [0.1, 0.15) is 0 Å². The molecule has 14 heavy (non-hydrogen) atoms. The van der Waals surface area contributed by atoms with Crippen LogP contribution in [0.25, 0.3) is 0 Å². The summed E-state index contributed by atoms with van der Waals surface area (Å²) in [5.74, 6) is 0.849. The third-order valence-electron chi connectivity index (χ3n) is 3.75. The molecule has 86 valence electrons. The molecule has 0 fully saturated rings. The first kappa shape index (κ1) is 14.0. The van der Waals surface area contributed by atoms with Crippen molar-refractivity contribution in [3.8, 4) is 0 Å². The van der Waals surface area contributed by atoms with Gasteiger partial charge in [-0.3, -0.25) is 0 Å². The highest BCUT2D eigenvalue weighted by molar-refractivity contribution is 4.87. The molecule has 0 aliphatic heterocycles. The molecule has 0 aliphatic carbocycles. The van der Waals surface area contributed by atoms with Crippen LogP contribution in [0.1, 0.15) is 66.2 Å². The molecule has 0 rings (SSSR count). The lowest BCUT2D eigenvalue weighted by atomic mass is 9.77. The number of nitrogens with one attached hydrogen (secondary N) is 1. The third-order valence-corrected chi connectivity index (χ3v) is 3.75. The molecule has 0 saturated carbocycles. The van der Waals surface area contributed by atoms with Gasteiger partial charge in [0, 0.05) is 5.54 Å². The first-order chi connectivity index (χ1) is 6.64. The Morgan fingerprint density at radius 2 is 1.71 bits per heavy atom. The van der Waals surface area contributed by atoms with Crippen LogP contribution in [0.4, 0.5) is 0 Å². The molecule has 0 spiro atoms. The second kappa shape index (κ2) is 7.28. The number of hydrogen-bond acceptors (Lipinski definition) is 1. The Morgan fingerprint density at radius 1 is 1.07 bits per heavy atom. The van der Waals surface area contributed by atoms with E-state index in [1.807, 2.05) is 0 Å². The first-order valence-electron chi connectivity index (χ1n) is 6.33. The van der Waals surface area contributed by atoms with Gasteiger partial charge in [-0.25, -0.2) is 0 Å². The van der Waals surface area contributed by atoms with Gasteiger partial charge < -0.3 is 5.32 Å². The molecule has 0 aromatic heterocycles. The molecule has 0 aromatic carbocycles. The maximum absolute atomic E-state index is 3.52. The van der Waals surface area contributed by atoms with Crippen LogP contribution in [-0.4, -0.2) is 12.6 Å². The van der Waals surface area contributed by atoms with Gasteiger partial charge in [0.2, 0.25) is 0 Å². The molecular formula is C13H29N. The van der Waals surface area contributed by atoms with Crippen molar-refractivity contribution in [1.29, 1.82) is 0 Å². The van der Waals surface area contributed by atoms with E-state index in [9.17, 15) is 0 Å². The Morgan fingerprint density at radius 3 is 2.07 bits per heavy atom. The van der Waals surface area contributed by atoms with Crippen molar-refractivity contribution >= 4 is 0 Å². The summed E-state index contributed by atoms with van der Waals surface area (Å²) in [7, 11) is 2.11. The summed E-state index contributed by atoms with van der Waals surface area (Å²) in [6.07, 6.45) is 8.00. The molecule has 0 heterocycles. The van der Waals surface area contributed by atoms with Crippen molar-refractivity contribution in [1.82, 2.24) is 5.32 Å². The molecule has 0 aromatic rings. The molecule has 0 amide bonds. The van der Waals surface area contributed by atoms with Crippen molar-refractivity contribution in [3.63, 3.8) is 0 Å². The summed E-state index contributed by atoms with van der Waals surface area (Å²) in [6, 6.07) is 0. The van der Waals surface area contributed by atoms with Crippen molar-refractivity contribution in [2.24, 2.45) is 5.92 Å². The zero-order valence-electron chi connectivity index (χ0n) is 10.8. The SMILES string of the molecule is CCCCC(CCC)C(C)(CC)NC. The van der Waals surface area contributed by atoms with E-state index in [-0.39, 0.29) is 0 Å². The Hall–Kier alpha value is -0.0400. The van der Waals surface area contributed by atoms with Crippen molar-refractivity contribution in [2.45, 2.75) is 71.8 Å². The lowest BCUT2D eigenvalue weighted by Crippen LogP contribution is -2.46. The zero-order valence-corrected chi connectivity index (χ0v) is 10.8. The average Bonchev–Trinajstić information content (AvgIpc) is 2.23. The van der Waals surface area contributed by atoms with E-state index in [1.54, 1.807) is 0 Å². The fourth-order valence-electron chi connectivity index (χ4n) is 2.25. The lowest BCUT2D eigenvalue weighted by Gasteiger charge is -2.37. The molecule has 1 N–H and O–H groups in total. The maximum Gasteiger partial charge on any atom is 0.0175 e. The molecule has 2 unspecified atom stereocenters. The molecule has 1 heteroatoms. The molecule has 0 bridgehead atoms. The number of hydrogen-bond donors (Lipinski definition) is 1. The van der Waals surface area contributed by atoms with Crippen molar-refractivity contribution in [2.75, 3.05) is 7.05 Å². The first-order valence-corrected chi connectivity index (χ1v) is 6.33. The Labute approximate surface area is 90.7 Å². The fourth-order valence-corrected chi connectivity index (χ4v) is 2.25. The summed E-state index contributed by atoms with van der Waals surface area (Å²) < 4.78 is 0. The molecule has 0 aliphatic rings. The van der Waals surface area contributed by atoms with Gasteiger partial charge in [-0.2, -0.15) is 0 Å². The van der Waals surface area contributed by atoms with Crippen LogP contribution in [0, 0.1) is 5.92 Å². The van der Waals surface area contributed by atoms with Crippen LogP contribution in [0.15, 0.2) is 0 Å². The lowest BCUT2D eigenvalue weighted by molar-refractivity contribution is 0.205. The van der Waals surface area contributed by atoms with Gasteiger partial charge in [0.05, 0.1) is 0 Å². The van der Waals surface area contributed by atoms with E-state index in [0.717, 1.165) is 5.92 Å². The minimum atomic E-state index is 0.352. The van der Waals surface area contributed by atoms with Crippen LogP contribution in [0.3, 0.4) is 0 Å². The van der Waals surface area contributed by atoms with Gasteiger partial charge in [0.25, 0.3) is 0 Å². The minimum absolute atomic E-state index is 0.352. The standard InChI is InChI=1S/C13H29N/c1-6-9-11-12(10-7-2)13(4,8-3)14-5/h12,14H,6-11H2,1-5H3. The van der Waals surface area contributed by atoms with E-state index in [4.69, 9.17) is 0 Å². The Bertz CT molecular complexity index is 127. The molecule has 0 radical (unpaired) electrons.